The molecule has 8 nitrogen and oxygen atoms in total. The number of anilines is 1. The summed E-state index contributed by atoms with van der Waals surface area (Å²) in [6, 6.07) is 3.96. The first kappa shape index (κ1) is 18.2. The van der Waals surface area contributed by atoms with Crippen molar-refractivity contribution in [2.24, 2.45) is 0 Å². The van der Waals surface area contributed by atoms with E-state index in [1.54, 1.807) is 6.20 Å². The topological polar surface area (TPSA) is 88.3 Å². The van der Waals surface area contributed by atoms with Crippen molar-refractivity contribution >= 4 is 23.1 Å². The number of pyridine rings is 1. The third kappa shape index (κ3) is 3.62. The first-order valence-electron chi connectivity index (χ1n) is 9.87. The van der Waals surface area contributed by atoms with Gasteiger partial charge in [-0.05, 0) is 38.8 Å². The molecule has 150 valence electrons. The Labute approximate surface area is 172 Å². The van der Waals surface area contributed by atoms with Gasteiger partial charge in [0, 0.05) is 43.9 Å². The van der Waals surface area contributed by atoms with Crippen molar-refractivity contribution in [3.63, 3.8) is 0 Å². The zero-order valence-electron chi connectivity index (χ0n) is 16.5. The molecule has 0 spiro atoms. The first-order valence-corrected chi connectivity index (χ1v) is 10.7. The Morgan fingerprint density at radius 1 is 1.14 bits per heavy atom. The SMILES string of the molecule is Cc1nc(C)c(C(=O)N2CCN(c3ccc(-c4noc(C5CC5)n4)cn3)CC2)s1. The number of aryl methyl sites for hydroxylation is 2. The van der Waals surface area contributed by atoms with Crippen LogP contribution >= 0.6 is 11.3 Å². The number of piperazine rings is 1. The zero-order chi connectivity index (χ0) is 20.0. The van der Waals surface area contributed by atoms with Gasteiger partial charge in [-0.2, -0.15) is 4.98 Å². The van der Waals surface area contributed by atoms with Gasteiger partial charge in [0.25, 0.3) is 5.91 Å². The molecule has 1 saturated heterocycles. The fourth-order valence-electron chi connectivity index (χ4n) is 3.57. The molecule has 2 fully saturated rings. The normalized spacial score (nSPS) is 17.0. The summed E-state index contributed by atoms with van der Waals surface area (Å²) in [6.07, 6.45) is 4.06. The maximum Gasteiger partial charge on any atom is 0.265 e. The Balaban J connectivity index is 1.22. The number of carbonyl (C=O) groups excluding carboxylic acids is 1. The van der Waals surface area contributed by atoms with Crippen LogP contribution in [0.1, 0.15) is 45.0 Å². The number of carbonyl (C=O) groups is 1. The van der Waals surface area contributed by atoms with Gasteiger partial charge in [-0.1, -0.05) is 5.16 Å². The summed E-state index contributed by atoms with van der Waals surface area (Å²) in [6.45, 7) is 6.69. The van der Waals surface area contributed by atoms with E-state index in [9.17, 15) is 4.79 Å². The number of aromatic nitrogens is 4. The van der Waals surface area contributed by atoms with Gasteiger partial charge in [-0.25, -0.2) is 9.97 Å². The molecule has 0 atom stereocenters. The largest absolute Gasteiger partial charge is 0.353 e. The second kappa shape index (κ2) is 7.22. The monoisotopic (exact) mass is 410 g/mol. The molecule has 0 aromatic carbocycles. The molecule has 9 heteroatoms. The Morgan fingerprint density at radius 2 is 1.93 bits per heavy atom. The molecule has 0 radical (unpaired) electrons. The second-order valence-electron chi connectivity index (χ2n) is 7.56. The van der Waals surface area contributed by atoms with Crippen LogP contribution in [0.5, 0.6) is 0 Å². The quantitative estimate of drug-likeness (QED) is 0.653. The summed E-state index contributed by atoms with van der Waals surface area (Å²) in [4.78, 5) is 31.1. The van der Waals surface area contributed by atoms with E-state index in [0.717, 1.165) is 58.8 Å². The minimum Gasteiger partial charge on any atom is -0.353 e. The van der Waals surface area contributed by atoms with Gasteiger partial charge in [-0.3, -0.25) is 4.79 Å². The van der Waals surface area contributed by atoms with Crippen LogP contribution in [-0.4, -0.2) is 57.1 Å². The lowest BCUT2D eigenvalue weighted by atomic mass is 10.2. The molecule has 2 aliphatic rings. The Bertz CT molecular complexity index is 1030. The predicted octanol–water partition coefficient (Wildman–Crippen LogP) is 3.04. The van der Waals surface area contributed by atoms with Crippen LogP contribution in [0.25, 0.3) is 11.4 Å². The minimum absolute atomic E-state index is 0.0830. The molecule has 4 heterocycles. The highest BCUT2D eigenvalue weighted by Gasteiger charge is 2.30. The molecule has 1 aliphatic carbocycles. The van der Waals surface area contributed by atoms with Crippen LogP contribution in [0.15, 0.2) is 22.9 Å². The zero-order valence-corrected chi connectivity index (χ0v) is 17.3. The van der Waals surface area contributed by atoms with E-state index in [2.05, 4.69) is 25.0 Å². The predicted molar refractivity (Wildman–Crippen MR) is 109 cm³/mol. The van der Waals surface area contributed by atoms with Gasteiger partial charge in [0.1, 0.15) is 10.7 Å². The second-order valence-corrected chi connectivity index (χ2v) is 8.77. The molecule has 0 unspecified atom stereocenters. The average Bonchev–Trinajstić information content (AvgIpc) is 3.37. The number of nitrogens with zero attached hydrogens (tertiary/aromatic N) is 6. The van der Waals surface area contributed by atoms with Crippen molar-refractivity contribution in [2.45, 2.75) is 32.6 Å². The van der Waals surface area contributed by atoms with Crippen LogP contribution in [0.4, 0.5) is 5.82 Å². The lowest BCUT2D eigenvalue weighted by molar-refractivity contribution is 0.0750. The summed E-state index contributed by atoms with van der Waals surface area (Å²) in [5, 5.41) is 5.00. The molecular formula is C20H22N6O2S. The van der Waals surface area contributed by atoms with E-state index in [4.69, 9.17) is 4.52 Å². The number of hydrogen-bond donors (Lipinski definition) is 0. The van der Waals surface area contributed by atoms with Gasteiger partial charge in [0.05, 0.1) is 10.7 Å². The van der Waals surface area contributed by atoms with Crippen molar-refractivity contribution < 1.29 is 9.32 Å². The summed E-state index contributed by atoms with van der Waals surface area (Å²) in [5.41, 5.74) is 1.68. The highest BCUT2D eigenvalue weighted by molar-refractivity contribution is 7.13. The van der Waals surface area contributed by atoms with E-state index in [-0.39, 0.29) is 5.91 Å². The fraction of sp³-hybridized carbons (Fsp3) is 0.450. The highest BCUT2D eigenvalue weighted by Crippen LogP contribution is 2.39. The van der Waals surface area contributed by atoms with Crippen LogP contribution in [0, 0.1) is 13.8 Å². The number of rotatable bonds is 4. The molecular weight excluding hydrogens is 388 g/mol. The minimum atomic E-state index is 0.0830. The Morgan fingerprint density at radius 3 is 2.55 bits per heavy atom. The van der Waals surface area contributed by atoms with Crippen LogP contribution < -0.4 is 4.90 Å². The Kier molecular flexibility index (Phi) is 4.54. The van der Waals surface area contributed by atoms with Gasteiger partial charge in [-0.15, -0.1) is 11.3 Å². The van der Waals surface area contributed by atoms with E-state index >= 15 is 0 Å². The maximum absolute atomic E-state index is 12.8. The fourth-order valence-corrected chi connectivity index (χ4v) is 4.45. The van der Waals surface area contributed by atoms with E-state index < -0.39 is 0 Å². The summed E-state index contributed by atoms with van der Waals surface area (Å²) >= 11 is 1.47. The van der Waals surface area contributed by atoms with Crippen LogP contribution in [-0.2, 0) is 0 Å². The third-order valence-electron chi connectivity index (χ3n) is 5.36. The van der Waals surface area contributed by atoms with Gasteiger partial charge < -0.3 is 14.3 Å². The van der Waals surface area contributed by atoms with Crippen molar-refractivity contribution in [3.8, 4) is 11.4 Å². The molecule has 29 heavy (non-hydrogen) atoms. The van der Waals surface area contributed by atoms with Crippen molar-refractivity contribution in [1.29, 1.82) is 0 Å². The molecule has 5 rings (SSSR count). The smallest absolute Gasteiger partial charge is 0.265 e. The summed E-state index contributed by atoms with van der Waals surface area (Å²) in [7, 11) is 0. The van der Waals surface area contributed by atoms with Gasteiger partial charge >= 0.3 is 0 Å². The standard InChI is InChI=1S/C20H22N6O2S/c1-12-17(29-13(2)22-12)20(27)26-9-7-25(8-10-26)16-6-5-15(11-21-16)18-23-19(28-24-18)14-3-4-14/h5-6,11,14H,3-4,7-10H2,1-2H3. The van der Waals surface area contributed by atoms with E-state index in [1.807, 2.05) is 30.9 Å². The Hall–Kier alpha value is -2.81. The highest BCUT2D eigenvalue weighted by atomic mass is 32.1. The van der Waals surface area contributed by atoms with E-state index in [0.29, 0.717) is 24.8 Å². The molecule has 1 saturated carbocycles. The lowest BCUT2D eigenvalue weighted by Crippen LogP contribution is -2.49. The lowest BCUT2D eigenvalue weighted by Gasteiger charge is -2.35. The summed E-state index contributed by atoms with van der Waals surface area (Å²) in [5.74, 6) is 2.75. The van der Waals surface area contributed by atoms with Crippen molar-refractivity contribution in [2.75, 3.05) is 31.1 Å². The van der Waals surface area contributed by atoms with Crippen LogP contribution in [0.2, 0.25) is 0 Å². The number of hydrogen-bond acceptors (Lipinski definition) is 8. The molecule has 3 aromatic heterocycles. The van der Waals surface area contributed by atoms with E-state index in [1.165, 1.54) is 11.3 Å². The molecule has 0 N–H and O–H groups in total. The van der Waals surface area contributed by atoms with Crippen LogP contribution in [0.3, 0.4) is 0 Å². The summed E-state index contributed by atoms with van der Waals surface area (Å²) < 4.78 is 5.33. The molecule has 3 aromatic rings. The average molecular weight is 411 g/mol. The molecule has 1 amide bonds. The number of thiazole rings is 1. The van der Waals surface area contributed by atoms with Gasteiger partial charge in [0.15, 0.2) is 0 Å². The first-order chi connectivity index (χ1) is 14.1. The van der Waals surface area contributed by atoms with Gasteiger partial charge in [0.2, 0.25) is 11.7 Å². The third-order valence-corrected chi connectivity index (χ3v) is 6.42. The van der Waals surface area contributed by atoms with Crippen molar-refractivity contribution in [3.05, 3.63) is 39.8 Å². The van der Waals surface area contributed by atoms with Crippen molar-refractivity contribution in [1.82, 2.24) is 25.0 Å². The maximum atomic E-state index is 12.8. The molecule has 0 bridgehead atoms. The number of amides is 1. The molecule has 1 aliphatic heterocycles.